The summed E-state index contributed by atoms with van der Waals surface area (Å²) >= 11 is 1.63. The third kappa shape index (κ3) is 2.39. The van der Waals surface area contributed by atoms with E-state index in [2.05, 4.69) is 6.07 Å². The molecule has 0 heterocycles. The highest BCUT2D eigenvalue weighted by Gasteiger charge is 2.00. The van der Waals surface area contributed by atoms with E-state index < -0.39 is 0 Å². The second-order valence-electron chi connectivity index (χ2n) is 3.14. The van der Waals surface area contributed by atoms with Crippen molar-refractivity contribution in [2.75, 3.05) is 6.26 Å². The van der Waals surface area contributed by atoms with Gasteiger partial charge in [-0.1, -0.05) is 24.3 Å². The van der Waals surface area contributed by atoms with Gasteiger partial charge in [-0.2, -0.15) is 0 Å². The van der Waals surface area contributed by atoms with Gasteiger partial charge < -0.3 is 0 Å². The fourth-order valence-electron chi connectivity index (χ4n) is 1.39. The molecule has 0 N–H and O–H groups in total. The van der Waals surface area contributed by atoms with Gasteiger partial charge in [0.2, 0.25) is 0 Å². The Morgan fingerprint density at radius 1 is 1.13 bits per heavy atom. The molecule has 1 radical (unpaired) electrons. The van der Waals surface area contributed by atoms with Crippen molar-refractivity contribution in [1.82, 2.24) is 0 Å². The zero-order chi connectivity index (χ0) is 10.7. The average molecular weight is 217 g/mol. The van der Waals surface area contributed by atoms with Crippen molar-refractivity contribution in [3.8, 4) is 11.1 Å². The molecular formula is C13H10FS. The van der Waals surface area contributed by atoms with Crippen LogP contribution in [0.15, 0.2) is 47.4 Å². The van der Waals surface area contributed by atoms with E-state index in [0.717, 1.165) is 16.0 Å². The molecule has 0 aliphatic heterocycles. The molecule has 0 unspecified atom stereocenters. The van der Waals surface area contributed by atoms with Gasteiger partial charge in [0.05, 0.1) is 0 Å². The first kappa shape index (κ1) is 10.2. The molecule has 0 aliphatic carbocycles. The number of benzene rings is 2. The smallest absolute Gasteiger partial charge is 0.123 e. The van der Waals surface area contributed by atoms with Crippen LogP contribution in [-0.2, 0) is 0 Å². The molecule has 75 valence electrons. The van der Waals surface area contributed by atoms with Gasteiger partial charge in [-0.15, -0.1) is 11.8 Å². The van der Waals surface area contributed by atoms with Gasteiger partial charge in [-0.3, -0.25) is 0 Å². The third-order valence-corrected chi connectivity index (χ3v) is 2.80. The number of thioether (sulfide) groups is 1. The maximum absolute atomic E-state index is 13.0. The first-order chi connectivity index (χ1) is 7.29. The summed E-state index contributed by atoms with van der Waals surface area (Å²) in [5.41, 5.74) is 1.80. The quantitative estimate of drug-likeness (QED) is 0.685. The lowest BCUT2D eigenvalue weighted by Crippen LogP contribution is -1.81. The molecule has 0 atom stereocenters. The Morgan fingerprint density at radius 3 is 2.67 bits per heavy atom. The Morgan fingerprint density at radius 2 is 1.93 bits per heavy atom. The summed E-state index contributed by atoms with van der Waals surface area (Å²) in [7, 11) is 0. The van der Waals surface area contributed by atoms with Crippen molar-refractivity contribution in [3.63, 3.8) is 0 Å². The summed E-state index contributed by atoms with van der Waals surface area (Å²) in [6.07, 6.45) is 2.00. The summed E-state index contributed by atoms with van der Waals surface area (Å²) in [6.45, 7) is 0. The third-order valence-electron chi connectivity index (χ3n) is 2.12. The SMILES string of the molecule is CSc1[c]c(-c2cccc(F)c2)ccc1. The van der Waals surface area contributed by atoms with Gasteiger partial charge >= 0.3 is 0 Å². The van der Waals surface area contributed by atoms with Crippen LogP contribution in [0.25, 0.3) is 11.1 Å². The predicted molar refractivity (Wildman–Crippen MR) is 62.5 cm³/mol. The number of hydrogen-bond donors (Lipinski definition) is 0. The molecule has 2 aromatic carbocycles. The van der Waals surface area contributed by atoms with Crippen LogP contribution in [0, 0.1) is 11.9 Å². The maximum atomic E-state index is 13.0. The summed E-state index contributed by atoms with van der Waals surface area (Å²) in [4.78, 5) is 1.07. The van der Waals surface area contributed by atoms with E-state index in [9.17, 15) is 4.39 Å². The Labute approximate surface area is 93.1 Å². The highest BCUT2D eigenvalue weighted by atomic mass is 32.2. The van der Waals surface area contributed by atoms with Crippen molar-refractivity contribution in [2.24, 2.45) is 0 Å². The van der Waals surface area contributed by atoms with Crippen LogP contribution in [0.4, 0.5) is 4.39 Å². The normalized spacial score (nSPS) is 10.3. The summed E-state index contributed by atoms with van der Waals surface area (Å²) < 4.78 is 13.0. The van der Waals surface area contributed by atoms with Crippen molar-refractivity contribution in [2.45, 2.75) is 4.90 Å². The molecule has 0 saturated carbocycles. The number of hydrogen-bond acceptors (Lipinski definition) is 1. The first-order valence-electron chi connectivity index (χ1n) is 4.62. The number of halogens is 1. The van der Waals surface area contributed by atoms with E-state index in [-0.39, 0.29) is 5.82 Å². The van der Waals surface area contributed by atoms with Crippen LogP contribution in [0.5, 0.6) is 0 Å². The molecule has 0 spiro atoms. The molecule has 2 rings (SSSR count). The topological polar surface area (TPSA) is 0 Å². The Bertz CT molecular complexity index is 466. The molecule has 0 fully saturated rings. The summed E-state index contributed by atoms with van der Waals surface area (Å²) in [6, 6.07) is 15.7. The van der Waals surface area contributed by atoms with E-state index in [0.29, 0.717) is 0 Å². The Hall–Kier alpha value is -1.28. The standard InChI is InChI=1S/C13H10FS/c1-15-13-7-3-5-11(9-13)10-4-2-6-12(14)8-10/h2-8H,1H3. The molecule has 0 amide bonds. The molecule has 2 aromatic rings. The highest BCUT2D eigenvalue weighted by Crippen LogP contribution is 2.23. The largest absolute Gasteiger partial charge is 0.207 e. The second-order valence-corrected chi connectivity index (χ2v) is 3.99. The van der Waals surface area contributed by atoms with Gasteiger partial charge in [-0.05, 0) is 35.6 Å². The van der Waals surface area contributed by atoms with Crippen LogP contribution in [0.2, 0.25) is 0 Å². The van der Waals surface area contributed by atoms with Gasteiger partial charge in [0.15, 0.2) is 0 Å². The summed E-state index contributed by atoms with van der Waals surface area (Å²) in [5.74, 6) is -0.213. The molecule has 0 saturated heterocycles. The fraction of sp³-hybridized carbons (Fsp3) is 0.0769. The van der Waals surface area contributed by atoms with Gasteiger partial charge in [0, 0.05) is 11.0 Å². The minimum Gasteiger partial charge on any atom is -0.207 e. The Balaban J connectivity index is 2.44. The monoisotopic (exact) mass is 217 g/mol. The zero-order valence-corrected chi connectivity index (χ0v) is 9.14. The predicted octanol–water partition coefficient (Wildman–Crippen LogP) is 4.01. The maximum Gasteiger partial charge on any atom is 0.123 e. The first-order valence-corrected chi connectivity index (χ1v) is 5.84. The number of rotatable bonds is 2. The van der Waals surface area contributed by atoms with E-state index in [1.54, 1.807) is 17.8 Å². The van der Waals surface area contributed by atoms with E-state index in [1.165, 1.54) is 12.1 Å². The molecule has 0 aliphatic rings. The van der Waals surface area contributed by atoms with Crippen LogP contribution >= 0.6 is 11.8 Å². The molecular weight excluding hydrogens is 207 g/mol. The molecule has 0 bridgehead atoms. The Kier molecular flexibility index (Phi) is 3.07. The van der Waals surface area contributed by atoms with Crippen molar-refractivity contribution >= 4 is 11.8 Å². The van der Waals surface area contributed by atoms with E-state index in [4.69, 9.17) is 0 Å². The second kappa shape index (κ2) is 4.49. The molecule has 0 aromatic heterocycles. The lowest BCUT2D eigenvalue weighted by atomic mass is 10.1. The average Bonchev–Trinajstić information content (AvgIpc) is 2.29. The van der Waals surface area contributed by atoms with Crippen LogP contribution in [-0.4, -0.2) is 6.26 Å². The van der Waals surface area contributed by atoms with Gasteiger partial charge in [0.1, 0.15) is 5.82 Å². The van der Waals surface area contributed by atoms with Crippen LogP contribution < -0.4 is 0 Å². The van der Waals surface area contributed by atoms with E-state index in [1.807, 2.05) is 30.5 Å². The van der Waals surface area contributed by atoms with Crippen LogP contribution in [0.1, 0.15) is 0 Å². The zero-order valence-electron chi connectivity index (χ0n) is 8.33. The molecule has 0 nitrogen and oxygen atoms in total. The molecule has 2 heteroatoms. The lowest BCUT2D eigenvalue weighted by molar-refractivity contribution is 0.628. The highest BCUT2D eigenvalue weighted by molar-refractivity contribution is 7.98. The van der Waals surface area contributed by atoms with Crippen LogP contribution in [0.3, 0.4) is 0 Å². The summed E-state index contributed by atoms with van der Waals surface area (Å²) in [5, 5.41) is 0. The van der Waals surface area contributed by atoms with Crippen molar-refractivity contribution in [3.05, 3.63) is 54.3 Å². The van der Waals surface area contributed by atoms with Crippen molar-refractivity contribution < 1.29 is 4.39 Å². The fourth-order valence-corrected chi connectivity index (χ4v) is 1.82. The molecule has 15 heavy (non-hydrogen) atoms. The van der Waals surface area contributed by atoms with Gasteiger partial charge in [0.25, 0.3) is 0 Å². The minimum absolute atomic E-state index is 0.213. The van der Waals surface area contributed by atoms with Crippen molar-refractivity contribution in [1.29, 1.82) is 0 Å². The van der Waals surface area contributed by atoms with Gasteiger partial charge in [-0.25, -0.2) is 4.39 Å². The lowest BCUT2D eigenvalue weighted by Gasteiger charge is -2.02. The minimum atomic E-state index is -0.213. The van der Waals surface area contributed by atoms with E-state index >= 15 is 0 Å².